The van der Waals surface area contributed by atoms with Gasteiger partial charge in [0.1, 0.15) is 17.5 Å². The maximum Gasteiger partial charge on any atom is 0.269 e. The molecule has 4 heterocycles. The Hall–Kier alpha value is -8.23. The minimum atomic E-state index is -4.87. The second-order valence-corrected chi connectivity index (χ2v) is 25.3. The van der Waals surface area contributed by atoms with Crippen LogP contribution in [0.3, 0.4) is 0 Å². The number of hydrogen-bond acceptors (Lipinski definition) is 5. The first-order valence-electron chi connectivity index (χ1n) is 47.2. The monoisotopic (exact) mass is 1180 g/mol. The van der Waals surface area contributed by atoms with Crippen molar-refractivity contribution in [3.05, 3.63) is 210 Å². The zero-order valence-corrected chi connectivity index (χ0v) is 49.2. The van der Waals surface area contributed by atoms with Gasteiger partial charge in [-0.05, 0) is 151 Å². The fourth-order valence-corrected chi connectivity index (χ4v) is 11.1. The number of pyridine rings is 1. The van der Waals surface area contributed by atoms with Crippen molar-refractivity contribution in [1.29, 1.82) is 0 Å². The Morgan fingerprint density at radius 1 is 0.529 bits per heavy atom. The molecular formula is C79H86N8. The van der Waals surface area contributed by atoms with E-state index >= 15 is 0 Å². The van der Waals surface area contributed by atoms with Crippen molar-refractivity contribution in [2.75, 3.05) is 4.90 Å². The molecule has 0 amide bonds. The number of nitrogens with zero attached hydrogens (tertiary/aromatic N) is 8. The molecule has 2 aliphatic rings. The van der Waals surface area contributed by atoms with Gasteiger partial charge >= 0.3 is 0 Å². The molecule has 13 rings (SSSR count). The lowest BCUT2D eigenvalue weighted by atomic mass is 9.62. The van der Waals surface area contributed by atoms with Crippen LogP contribution < -0.4 is 9.47 Å². The third-order valence-corrected chi connectivity index (χ3v) is 15.6. The molecule has 8 heteroatoms. The number of benzene rings is 7. The topological polar surface area (TPSA) is 68.5 Å². The molecule has 442 valence electrons. The molecule has 2 aliphatic carbocycles. The molecular weight excluding hydrogens is 1060 g/mol. The highest BCUT2D eigenvalue weighted by Crippen LogP contribution is 2.50. The zero-order valence-electron chi connectivity index (χ0n) is 87.2. The average Bonchev–Trinajstić information content (AvgIpc) is 0.774. The van der Waals surface area contributed by atoms with Crippen LogP contribution in [0.25, 0.3) is 72.3 Å². The molecule has 0 aliphatic heterocycles. The lowest BCUT2D eigenvalue weighted by molar-refractivity contribution is -0.571. The van der Waals surface area contributed by atoms with Crippen LogP contribution in [-0.2, 0) is 37.9 Å². The second kappa shape index (κ2) is 20.2. The van der Waals surface area contributed by atoms with Crippen LogP contribution in [0.2, 0.25) is 0 Å². The van der Waals surface area contributed by atoms with E-state index in [2.05, 4.69) is 27.1 Å². The van der Waals surface area contributed by atoms with Crippen LogP contribution in [0, 0.1) is 6.33 Å². The molecule has 0 fully saturated rings. The van der Waals surface area contributed by atoms with E-state index < -0.39 is 199 Å². The average molecular weight is 1190 g/mol. The summed E-state index contributed by atoms with van der Waals surface area (Å²) < 4.78 is 361. The third kappa shape index (κ3) is 10.1. The summed E-state index contributed by atoms with van der Waals surface area (Å²) in [6, 6.07) is 22.0. The fourth-order valence-electron chi connectivity index (χ4n) is 11.1. The van der Waals surface area contributed by atoms with Gasteiger partial charge in [-0.3, -0.25) is 18.6 Å². The van der Waals surface area contributed by atoms with Gasteiger partial charge in [-0.1, -0.05) is 226 Å². The van der Waals surface area contributed by atoms with Crippen LogP contribution in [0.15, 0.2) is 164 Å². The zero-order chi connectivity index (χ0) is 93.9. The normalized spacial score (nSPS) is 26.2. The minimum Gasteiger partial charge on any atom is -0.294 e. The molecule has 0 unspecified atom stereocenters. The van der Waals surface area contributed by atoms with Gasteiger partial charge in [-0.25, -0.2) is 9.97 Å². The maximum atomic E-state index is 10.6. The Kier molecular flexibility index (Phi) is 6.66. The Labute approximate surface area is 569 Å². The highest BCUT2D eigenvalue weighted by atomic mass is 15.3. The molecule has 0 bridgehead atoms. The van der Waals surface area contributed by atoms with Gasteiger partial charge in [0, 0.05) is 77.4 Å². The van der Waals surface area contributed by atoms with Gasteiger partial charge in [-0.15, -0.1) is 0 Å². The Morgan fingerprint density at radius 2 is 1.07 bits per heavy atom. The number of imidazole rings is 1. The third-order valence-electron chi connectivity index (χ3n) is 15.6. The Bertz CT molecular complexity index is 5970. The standard InChI is InChI=1S/C79H86N8/c1-73(2,3)52-38-43-80-68(46-52)87-64-29-19-18-26-58(64)59-35-34-55(48-67(59)87)86(72-82-70(74(4,5)6)81-71(83-72)75(7,8)9)54-25-22-24-53(47-54)84-49-85(66-31-21-20-30-65(66)84)69-56(50-32-36-60-62(44-50)78(14,15)41-39-76(60,10)11)27-23-28-57(69)51-33-37-61-63(45-51)79(16,17)42-40-77(61,12)13/h18-38,43-48H,39-42H2,1-17H3/i10D3,11D3,12D3,13D3,14D3,15D3,16D3,17D3,32D,33D,36D,37D,39D2,40D2,41D2,42D2,44D,45D. The second-order valence-electron chi connectivity index (χ2n) is 25.3. The summed E-state index contributed by atoms with van der Waals surface area (Å²) in [6.07, 6.45) is -14.4. The van der Waals surface area contributed by atoms with E-state index in [0.717, 1.165) is 44.6 Å². The number of anilines is 3. The van der Waals surface area contributed by atoms with Crippen LogP contribution in [-0.4, -0.2) is 29.1 Å². The molecule has 0 saturated carbocycles. The van der Waals surface area contributed by atoms with Gasteiger partial charge in [-0.2, -0.15) is 9.97 Å². The van der Waals surface area contributed by atoms with E-state index in [0.29, 0.717) is 28.7 Å². The number of para-hydroxylation sites is 4. The van der Waals surface area contributed by atoms with Crippen molar-refractivity contribution in [3.63, 3.8) is 0 Å². The summed E-state index contributed by atoms with van der Waals surface area (Å²) in [5.41, 5.74) is -30.5. The van der Waals surface area contributed by atoms with E-state index in [4.69, 9.17) is 36.4 Å². The molecule has 87 heavy (non-hydrogen) atoms. The largest absolute Gasteiger partial charge is 0.294 e. The van der Waals surface area contributed by atoms with Crippen molar-refractivity contribution in [3.8, 4) is 39.4 Å². The predicted octanol–water partition coefficient (Wildman–Crippen LogP) is 19.8. The smallest absolute Gasteiger partial charge is 0.269 e. The van der Waals surface area contributed by atoms with Crippen molar-refractivity contribution < 1.29 is 56.7 Å². The molecule has 4 aromatic heterocycles. The van der Waals surface area contributed by atoms with Gasteiger partial charge < -0.3 is 0 Å². The summed E-state index contributed by atoms with van der Waals surface area (Å²) in [7, 11) is 0. The van der Waals surface area contributed by atoms with Crippen LogP contribution in [0.5, 0.6) is 0 Å². The van der Waals surface area contributed by atoms with Crippen LogP contribution in [0.1, 0.15) is 234 Å². The molecule has 0 N–H and O–H groups in total. The van der Waals surface area contributed by atoms with Crippen LogP contribution >= 0.6 is 0 Å². The first-order chi connectivity index (χ1) is 56.6. The lowest BCUT2D eigenvalue weighted by Crippen LogP contribution is -2.34. The van der Waals surface area contributed by atoms with Crippen molar-refractivity contribution in [2.45, 2.75) is 181 Å². The first-order valence-corrected chi connectivity index (χ1v) is 28.2. The molecule has 0 saturated heterocycles. The fraction of sp³-hybridized carbons (Fsp3) is 0.354. The summed E-state index contributed by atoms with van der Waals surface area (Å²) in [5, 5.41) is 1.67. The van der Waals surface area contributed by atoms with Gasteiger partial charge in [0.05, 0.1) is 47.4 Å². The molecule has 7 aromatic carbocycles. The molecule has 11 aromatic rings. The quantitative estimate of drug-likeness (QED) is 0.112. The SMILES string of the molecule is [2H]c1c([2H])c2c(c([2H])c1-c1cccc(-c3c([2H])c([2H])c4c(c3[2H])C(C([2H])([2H])[2H])(C([2H])([2H])[2H])C([2H])([2H])C([2H])([2H])C4(C([2H])([2H])[2H])C([2H])([2H])[2H])c1-[n+]1[c-]n(-c3cccc(N(c4ccc5c6ccccc6n(-c6cc(C(C)(C)C)ccn6)c5c4)c4nc(C(C)(C)C)nc(C(C)(C)C)n4)c3)c3ccccc31)C(C([2H])([2H])[2H])(C([2H])([2H])[2H])C([2H])([2H])C([2H])([2H])C2(C([2H])([2H])[2H])C([2H])([2H])[2H]. The van der Waals surface area contributed by atoms with E-state index in [1.165, 1.54) is 28.8 Å². The van der Waals surface area contributed by atoms with Crippen LogP contribution in [0.4, 0.5) is 17.3 Å². The molecule has 0 atom stereocenters. The van der Waals surface area contributed by atoms with Gasteiger partial charge in [0.15, 0.2) is 0 Å². The number of hydrogen-bond donors (Lipinski definition) is 0. The van der Waals surface area contributed by atoms with Gasteiger partial charge in [0.2, 0.25) is 5.95 Å². The van der Waals surface area contributed by atoms with Crippen molar-refractivity contribution in [2.24, 2.45) is 0 Å². The maximum absolute atomic E-state index is 10.6. The van der Waals surface area contributed by atoms with E-state index in [1.54, 1.807) is 35.4 Å². The molecule has 8 nitrogen and oxygen atoms in total. The minimum absolute atomic E-state index is 0.0319. The summed E-state index contributed by atoms with van der Waals surface area (Å²) >= 11 is 0. The number of rotatable bonds is 8. The first kappa shape index (κ1) is 28.7. The highest BCUT2D eigenvalue weighted by molar-refractivity contribution is 6.10. The molecule has 0 radical (unpaired) electrons. The van der Waals surface area contributed by atoms with E-state index in [-0.39, 0.29) is 33.8 Å². The van der Waals surface area contributed by atoms with Crippen molar-refractivity contribution >= 4 is 50.2 Å². The number of aromatic nitrogens is 7. The Balaban J connectivity index is 1.24. The highest BCUT2D eigenvalue weighted by Gasteiger charge is 2.39. The summed E-state index contributed by atoms with van der Waals surface area (Å²) in [4.78, 5) is 22.1. The van der Waals surface area contributed by atoms with Crippen molar-refractivity contribution in [1.82, 2.24) is 29.1 Å². The lowest BCUT2D eigenvalue weighted by Gasteiger charge is -2.42. The summed E-state index contributed by atoms with van der Waals surface area (Å²) in [6.45, 7) is -18.8. The Morgan fingerprint density at radius 3 is 1.66 bits per heavy atom. The predicted molar refractivity (Wildman–Crippen MR) is 361 cm³/mol. The molecule has 0 spiro atoms. The van der Waals surface area contributed by atoms with E-state index in [9.17, 15) is 35.6 Å². The van der Waals surface area contributed by atoms with Gasteiger partial charge in [0.25, 0.3) is 6.33 Å². The number of fused-ring (bicyclic) bond motifs is 6. The van der Waals surface area contributed by atoms with E-state index in [1.807, 2.05) is 101 Å². The summed E-state index contributed by atoms with van der Waals surface area (Å²) in [5.74, 6) is 1.40.